The maximum absolute atomic E-state index is 12.4. The standard InChI is InChI=1S/C15H15N3O2S/c1-10-7-13(8-14(17)11(10)2)21(19,20)18-15-6-4-3-5-12(15)9-16/h3-8,18H,17H2,1-2H3. The fourth-order valence-electron chi connectivity index (χ4n) is 1.88. The Labute approximate surface area is 124 Å². The molecular weight excluding hydrogens is 286 g/mol. The molecule has 0 aliphatic carbocycles. The second kappa shape index (κ2) is 5.46. The number of rotatable bonds is 3. The molecule has 0 atom stereocenters. The van der Waals surface area contributed by atoms with E-state index < -0.39 is 10.0 Å². The average molecular weight is 301 g/mol. The van der Waals surface area contributed by atoms with E-state index >= 15 is 0 Å². The molecule has 0 spiro atoms. The van der Waals surface area contributed by atoms with Crippen molar-refractivity contribution in [2.45, 2.75) is 18.7 Å². The molecule has 2 rings (SSSR count). The van der Waals surface area contributed by atoms with Gasteiger partial charge in [0.15, 0.2) is 0 Å². The zero-order chi connectivity index (χ0) is 15.6. The Morgan fingerprint density at radius 2 is 1.86 bits per heavy atom. The lowest BCUT2D eigenvalue weighted by atomic mass is 10.1. The number of hydrogen-bond donors (Lipinski definition) is 2. The van der Waals surface area contributed by atoms with E-state index in [0.717, 1.165) is 11.1 Å². The lowest BCUT2D eigenvalue weighted by Gasteiger charge is -2.12. The zero-order valence-electron chi connectivity index (χ0n) is 11.7. The molecule has 0 amide bonds. The molecule has 0 radical (unpaired) electrons. The van der Waals surface area contributed by atoms with Gasteiger partial charge < -0.3 is 5.73 Å². The van der Waals surface area contributed by atoms with Crippen molar-refractivity contribution >= 4 is 21.4 Å². The molecule has 108 valence electrons. The van der Waals surface area contributed by atoms with Crippen LogP contribution in [-0.4, -0.2) is 8.42 Å². The fourth-order valence-corrected chi connectivity index (χ4v) is 3.08. The highest BCUT2D eigenvalue weighted by Gasteiger charge is 2.17. The number of nitrogen functional groups attached to an aromatic ring is 1. The van der Waals surface area contributed by atoms with Gasteiger partial charge in [-0.25, -0.2) is 8.42 Å². The van der Waals surface area contributed by atoms with Gasteiger partial charge in [0.2, 0.25) is 0 Å². The molecule has 2 aromatic carbocycles. The van der Waals surface area contributed by atoms with Crippen molar-refractivity contribution in [2.75, 3.05) is 10.5 Å². The van der Waals surface area contributed by atoms with Crippen LogP contribution >= 0.6 is 0 Å². The lowest BCUT2D eigenvalue weighted by molar-refractivity contribution is 0.601. The van der Waals surface area contributed by atoms with Crippen LogP contribution in [-0.2, 0) is 10.0 Å². The van der Waals surface area contributed by atoms with Crippen molar-refractivity contribution in [2.24, 2.45) is 0 Å². The van der Waals surface area contributed by atoms with Crippen LogP contribution in [0.3, 0.4) is 0 Å². The van der Waals surface area contributed by atoms with Gasteiger partial charge in [-0.3, -0.25) is 4.72 Å². The highest BCUT2D eigenvalue weighted by molar-refractivity contribution is 7.92. The molecule has 2 aromatic rings. The molecule has 0 heterocycles. The summed E-state index contributed by atoms with van der Waals surface area (Å²) in [7, 11) is -3.79. The van der Waals surface area contributed by atoms with E-state index in [9.17, 15) is 8.42 Å². The van der Waals surface area contributed by atoms with E-state index in [1.54, 1.807) is 37.3 Å². The molecule has 0 bridgehead atoms. The van der Waals surface area contributed by atoms with Crippen LogP contribution in [0.15, 0.2) is 41.3 Å². The SMILES string of the molecule is Cc1cc(S(=O)(=O)Nc2ccccc2C#N)cc(N)c1C. The molecule has 21 heavy (non-hydrogen) atoms. The van der Waals surface area contributed by atoms with Gasteiger partial charge in [0.05, 0.1) is 16.1 Å². The average Bonchev–Trinajstić information content (AvgIpc) is 2.44. The largest absolute Gasteiger partial charge is 0.398 e. The summed E-state index contributed by atoms with van der Waals surface area (Å²) in [6.07, 6.45) is 0. The number of nitriles is 1. The van der Waals surface area contributed by atoms with Crippen molar-refractivity contribution < 1.29 is 8.42 Å². The summed E-state index contributed by atoms with van der Waals surface area (Å²) in [5, 5.41) is 9.01. The second-order valence-corrected chi connectivity index (χ2v) is 6.40. The van der Waals surface area contributed by atoms with Gasteiger partial charge in [0.1, 0.15) is 6.07 Å². The van der Waals surface area contributed by atoms with Gasteiger partial charge in [0.25, 0.3) is 10.0 Å². The number of nitrogens with one attached hydrogen (secondary N) is 1. The summed E-state index contributed by atoms with van der Waals surface area (Å²) >= 11 is 0. The quantitative estimate of drug-likeness (QED) is 0.851. The summed E-state index contributed by atoms with van der Waals surface area (Å²) in [5.74, 6) is 0. The van der Waals surface area contributed by atoms with E-state index in [0.29, 0.717) is 5.69 Å². The number of para-hydroxylation sites is 1. The molecule has 0 saturated carbocycles. The Hall–Kier alpha value is -2.52. The third kappa shape index (κ3) is 2.98. The number of nitrogens with two attached hydrogens (primary N) is 1. The minimum absolute atomic E-state index is 0.0795. The first kappa shape index (κ1) is 14.9. The number of nitrogens with zero attached hydrogens (tertiary/aromatic N) is 1. The lowest BCUT2D eigenvalue weighted by Crippen LogP contribution is -2.14. The molecule has 0 aliphatic rings. The summed E-state index contributed by atoms with van der Waals surface area (Å²) in [5.41, 5.74) is 8.40. The first-order chi connectivity index (χ1) is 9.85. The van der Waals surface area contributed by atoms with Crippen molar-refractivity contribution in [1.82, 2.24) is 0 Å². The highest BCUT2D eigenvalue weighted by atomic mass is 32.2. The van der Waals surface area contributed by atoms with Crippen molar-refractivity contribution in [3.05, 3.63) is 53.1 Å². The van der Waals surface area contributed by atoms with Gasteiger partial charge in [-0.05, 0) is 49.2 Å². The maximum Gasteiger partial charge on any atom is 0.262 e. The van der Waals surface area contributed by atoms with Crippen LogP contribution in [0.2, 0.25) is 0 Å². The molecule has 0 aliphatic heterocycles. The van der Waals surface area contributed by atoms with Crippen LogP contribution in [0.25, 0.3) is 0 Å². The molecule has 6 heteroatoms. The number of benzene rings is 2. The van der Waals surface area contributed by atoms with Crippen LogP contribution in [0.4, 0.5) is 11.4 Å². The summed E-state index contributed by atoms with van der Waals surface area (Å²) in [6, 6.07) is 11.3. The third-order valence-electron chi connectivity index (χ3n) is 3.28. The van der Waals surface area contributed by atoms with E-state index in [1.807, 2.05) is 13.0 Å². The summed E-state index contributed by atoms with van der Waals surface area (Å²) in [6.45, 7) is 3.63. The molecule has 3 N–H and O–H groups in total. The molecule has 0 unspecified atom stereocenters. The minimum Gasteiger partial charge on any atom is -0.398 e. The topological polar surface area (TPSA) is 96.0 Å². The summed E-state index contributed by atoms with van der Waals surface area (Å²) in [4.78, 5) is 0.0795. The first-order valence-corrected chi connectivity index (χ1v) is 7.72. The molecular formula is C15H15N3O2S. The Bertz CT molecular complexity index is 813. The van der Waals surface area contributed by atoms with Gasteiger partial charge in [-0.2, -0.15) is 5.26 Å². The fraction of sp³-hybridized carbons (Fsp3) is 0.133. The van der Waals surface area contributed by atoms with Crippen LogP contribution in [0.5, 0.6) is 0 Å². The van der Waals surface area contributed by atoms with Gasteiger partial charge in [0, 0.05) is 5.69 Å². The number of aryl methyl sites for hydroxylation is 1. The molecule has 5 nitrogen and oxygen atoms in total. The zero-order valence-corrected chi connectivity index (χ0v) is 12.5. The van der Waals surface area contributed by atoms with Crippen LogP contribution in [0.1, 0.15) is 16.7 Å². The highest BCUT2D eigenvalue weighted by Crippen LogP contribution is 2.24. The summed E-state index contributed by atoms with van der Waals surface area (Å²) < 4.78 is 27.2. The predicted octanol–water partition coefficient (Wildman–Crippen LogP) is 2.56. The first-order valence-electron chi connectivity index (χ1n) is 6.24. The Morgan fingerprint density at radius 3 is 2.48 bits per heavy atom. The van der Waals surface area contributed by atoms with E-state index in [1.165, 1.54) is 6.07 Å². The van der Waals surface area contributed by atoms with Crippen LogP contribution < -0.4 is 10.5 Å². The monoisotopic (exact) mass is 301 g/mol. The smallest absolute Gasteiger partial charge is 0.262 e. The second-order valence-electron chi connectivity index (χ2n) is 4.72. The van der Waals surface area contributed by atoms with Crippen LogP contribution in [0, 0.1) is 25.2 Å². The molecule has 0 aromatic heterocycles. The number of anilines is 2. The minimum atomic E-state index is -3.79. The normalized spacial score (nSPS) is 10.9. The molecule has 0 saturated heterocycles. The van der Waals surface area contributed by atoms with Gasteiger partial charge >= 0.3 is 0 Å². The van der Waals surface area contributed by atoms with Crippen molar-refractivity contribution in [3.63, 3.8) is 0 Å². The predicted molar refractivity (Wildman–Crippen MR) is 82.3 cm³/mol. The van der Waals surface area contributed by atoms with E-state index in [-0.39, 0.29) is 16.1 Å². The van der Waals surface area contributed by atoms with Gasteiger partial charge in [-0.1, -0.05) is 12.1 Å². The Morgan fingerprint density at radius 1 is 1.19 bits per heavy atom. The maximum atomic E-state index is 12.4. The van der Waals surface area contributed by atoms with Gasteiger partial charge in [-0.15, -0.1) is 0 Å². The van der Waals surface area contributed by atoms with Crippen molar-refractivity contribution in [3.8, 4) is 6.07 Å². The third-order valence-corrected chi connectivity index (χ3v) is 4.63. The van der Waals surface area contributed by atoms with Crippen molar-refractivity contribution in [1.29, 1.82) is 5.26 Å². The Balaban J connectivity index is 2.47. The number of hydrogen-bond acceptors (Lipinski definition) is 4. The number of sulfonamides is 1. The van der Waals surface area contributed by atoms with E-state index in [4.69, 9.17) is 11.0 Å². The van der Waals surface area contributed by atoms with E-state index in [2.05, 4.69) is 4.72 Å². The molecule has 0 fully saturated rings. The Kier molecular flexibility index (Phi) is 3.87.